The van der Waals surface area contributed by atoms with E-state index in [1.165, 1.54) is 0 Å². The number of likely N-dealkylation sites (N-methyl/N-ethyl adjacent to an activating group) is 1. The molecule has 0 bridgehead atoms. The van der Waals surface area contributed by atoms with Gasteiger partial charge < -0.3 is 25.4 Å². The number of ether oxygens (including phenoxy) is 2. The molecule has 4 N–H and O–H groups in total. The van der Waals surface area contributed by atoms with E-state index in [0.717, 1.165) is 5.69 Å². The van der Waals surface area contributed by atoms with Gasteiger partial charge in [0.1, 0.15) is 23.9 Å². The van der Waals surface area contributed by atoms with Crippen LogP contribution in [0.4, 0.5) is 11.4 Å². The molecule has 0 aliphatic carbocycles. The Balaban J connectivity index is 1.46. The molecule has 7 nitrogen and oxygen atoms in total. The summed E-state index contributed by atoms with van der Waals surface area (Å²) >= 11 is 0. The smallest absolute Gasteiger partial charge is 0.255 e. The summed E-state index contributed by atoms with van der Waals surface area (Å²) in [6.07, 6.45) is 0. The van der Waals surface area contributed by atoms with Crippen molar-refractivity contribution >= 4 is 23.1 Å². The topological polar surface area (TPSA) is 101 Å². The van der Waals surface area contributed by atoms with Gasteiger partial charge in [0.25, 0.3) is 5.91 Å². The molecule has 0 saturated heterocycles. The van der Waals surface area contributed by atoms with Gasteiger partial charge in [0.2, 0.25) is 0 Å². The van der Waals surface area contributed by atoms with E-state index in [2.05, 4.69) is 10.2 Å². The van der Waals surface area contributed by atoms with Crippen LogP contribution < -0.4 is 25.4 Å². The number of hydrogen-bond acceptors (Lipinski definition) is 5. The molecule has 1 aliphatic rings. The second kappa shape index (κ2) is 8.63. The largest absolute Gasteiger partial charge is 0.489 e. The van der Waals surface area contributed by atoms with Crippen LogP contribution in [-0.4, -0.2) is 37.5 Å². The number of nitrogens with zero attached hydrogens (tertiary/aromatic N) is 1. The Morgan fingerprint density at radius 2 is 1.84 bits per heavy atom. The van der Waals surface area contributed by atoms with Crippen LogP contribution in [0.15, 0.2) is 72.8 Å². The van der Waals surface area contributed by atoms with E-state index in [-0.39, 0.29) is 11.7 Å². The number of nitrogen functional groups attached to an aromatic ring is 1. The summed E-state index contributed by atoms with van der Waals surface area (Å²) < 4.78 is 12.3. The van der Waals surface area contributed by atoms with Crippen LogP contribution >= 0.6 is 0 Å². The van der Waals surface area contributed by atoms with Gasteiger partial charge in [0, 0.05) is 29.9 Å². The molecule has 1 atom stereocenters. The standard InChI is InChI=1S/C25H26N4O3/c1-25(16-31-20-11-8-17(9-12-20)23(26)27)15-29(2)21-13-10-19(14-22(21)32-25)28-24(30)18-6-4-3-5-7-18/h3-14H,15-16H2,1-2H3,(H3,26,27)(H,28,30). The molecule has 1 heterocycles. The lowest BCUT2D eigenvalue weighted by Crippen LogP contribution is -2.51. The van der Waals surface area contributed by atoms with Crippen molar-refractivity contribution in [1.82, 2.24) is 0 Å². The monoisotopic (exact) mass is 430 g/mol. The molecule has 1 unspecified atom stereocenters. The number of carbonyl (C=O) groups is 1. The van der Waals surface area contributed by atoms with E-state index in [1.54, 1.807) is 36.4 Å². The predicted octanol–water partition coefficient (Wildman–Crippen LogP) is 3.89. The van der Waals surface area contributed by atoms with E-state index in [0.29, 0.717) is 41.5 Å². The quantitative estimate of drug-likeness (QED) is 0.407. The van der Waals surface area contributed by atoms with Gasteiger partial charge in [-0.15, -0.1) is 0 Å². The van der Waals surface area contributed by atoms with Crippen molar-refractivity contribution in [2.75, 3.05) is 30.4 Å². The van der Waals surface area contributed by atoms with Crippen molar-refractivity contribution < 1.29 is 14.3 Å². The van der Waals surface area contributed by atoms with Gasteiger partial charge in [-0.2, -0.15) is 0 Å². The third-order valence-electron chi connectivity index (χ3n) is 5.30. The average molecular weight is 431 g/mol. The summed E-state index contributed by atoms with van der Waals surface area (Å²) in [5.41, 5.74) is 7.77. The number of amides is 1. The maximum Gasteiger partial charge on any atom is 0.255 e. The predicted molar refractivity (Wildman–Crippen MR) is 126 cm³/mol. The number of amidine groups is 1. The van der Waals surface area contributed by atoms with Crippen LogP contribution in [0.5, 0.6) is 11.5 Å². The molecule has 4 rings (SSSR count). The van der Waals surface area contributed by atoms with E-state index >= 15 is 0 Å². The minimum Gasteiger partial charge on any atom is -0.489 e. The summed E-state index contributed by atoms with van der Waals surface area (Å²) in [7, 11) is 2.00. The van der Waals surface area contributed by atoms with E-state index in [9.17, 15) is 4.79 Å². The highest BCUT2D eigenvalue weighted by Crippen LogP contribution is 2.38. The maximum atomic E-state index is 12.5. The molecule has 0 spiro atoms. The van der Waals surface area contributed by atoms with Crippen LogP contribution in [0, 0.1) is 5.41 Å². The highest BCUT2D eigenvalue weighted by atomic mass is 16.5. The number of benzene rings is 3. The Labute approximate surface area is 187 Å². The van der Waals surface area contributed by atoms with Gasteiger partial charge in [0.15, 0.2) is 5.60 Å². The Morgan fingerprint density at radius 3 is 2.53 bits per heavy atom. The first-order chi connectivity index (χ1) is 15.3. The number of carbonyl (C=O) groups excluding carboxylic acids is 1. The summed E-state index contributed by atoms with van der Waals surface area (Å²) in [6.45, 7) is 2.96. The van der Waals surface area contributed by atoms with E-state index in [1.807, 2.05) is 50.4 Å². The van der Waals surface area contributed by atoms with Crippen molar-refractivity contribution in [2.24, 2.45) is 5.73 Å². The third kappa shape index (κ3) is 4.67. The lowest BCUT2D eigenvalue weighted by atomic mass is 10.0. The fraction of sp³-hybridized carbons (Fsp3) is 0.200. The van der Waals surface area contributed by atoms with Crippen LogP contribution in [0.3, 0.4) is 0 Å². The minimum atomic E-state index is -0.594. The molecule has 0 aromatic heterocycles. The van der Waals surface area contributed by atoms with Crippen molar-refractivity contribution in [3.8, 4) is 11.5 Å². The summed E-state index contributed by atoms with van der Waals surface area (Å²) in [6, 6.07) is 21.8. The lowest BCUT2D eigenvalue weighted by Gasteiger charge is -2.41. The molecule has 1 amide bonds. The highest BCUT2D eigenvalue weighted by Gasteiger charge is 2.35. The molecule has 0 radical (unpaired) electrons. The second-order valence-corrected chi connectivity index (χ2v) is 8.14. The van der Waals surface area contributed by atoms with Gasteiger partial charge in [0.05, 0.1) is 12.2 Å². The molecule has 164 valence electrons. The van der Waals surface area contributed by atoms with E-state index < -0.39 is 5.60 Å². The maximum absolute atomic E-state index is 12.5. The first-order valence-corrected chi connectivity index (χ1v) is 10.3. The number of hydrogen-bond donors (Lipinski definition) is 3. The molecule has 32 heavy (non-hydrogen) atoms. The summed E-state index contributed by atoms with van der Waals surface area (Å²) in [5.74, 6) is 1.21. The van der Waals surface area contributed by atoms with Crippen molar-refractivity contribution in [3.63, 3.8) is 0 Å². The Morgan fingerprint density at radius 1 is 1.12 bits per heavy atom. The van der Waals surface area contributed by atoms with Crippen molar-refractivity contribution in [2.45, 2.75) is 12.5 Å². The number of nitrogens with one attached hydrogen (secondary N) is 2. The third-order valence-corrected chi connectivity index (χ3v) is 5.30. The Hall–Kier alpha value is -4.00. The van der Waals surface area contributed by atoms with Gasteiger partial charge in [-0.1, -0.05) is 18.2 Å². The molecule has 3 aromatic carbocycles. The molecule has 0 fully saturated rings. The zero-order valence-electron chi connectivity index (χ0n) is 18.1. The molecule has 1 aliphatic heterocycles. The second-order valence-electron chi connectivity index (χ2n) is 8.14. The van der Waals surface area contributed by atoms with Crippen LogP contribution in [0.1, 0.15) is 22.8 Å². The van der Waals surface area contributed by atoms with Gasteiger partial charge in [-0.05, 0) is 55.5 Å². The zero-order valence-corrected chi connectivity index (χ0v) is 18.1. The molecular weight excluding hydrogens is 404 g/mol. The summed E-state index contributed by atoms with van der Waals surface area (Å²) in [5, 5.41) is 10.4. The van der Waals surface area contributed by atoms with Crippen LogP contribution in [0.2, 0.25) is 0 Å². The Kier molecular flexibility index (Phi) is 5.73. The fourth-order valence-corrected chi connectivity index (χ4v) is 3.71. The first kappa shape index (κ1) is 21.2. The molecular formula is C25H26N4O3. The van der Waals surface area contributed by atoms with Crippen molar-refractivity contribution in [3.05, 3.63) is 83.9 Å². The first-order valence-electron chi connectivity index (χ1n) is 10.3. The number of nitrogens with two attached hydrogens (primary N) is 1. The van der Waals surface area contributed by atoms with E-state index in [4.69, 9.17) is 20.6 Å². The fourth-order valence-electron chi connectivity index (χ4n) is 3.71. The number of anilines is 2. The Bertz CT molecular complexity index is 1130. The van der Waals surface area contributed by atoms with Gasteiger partial charge in [-0.3, -0.25) is 10.2 Å². The number of rotatable bonds is 6. The van der Waals surface area contributed by atoms with Crippen LogP contribution in [-0.2, 0) is 0 Å². The SMILES string of the molecule is CN1CC(C)(COc2ccc(C(=N)N)cc2)Oc2cc(NC(=O)c3ccccc3)ccc21. The number of fused-ring (bicyclic) bond motifs is 1. The molecule has 0 saturated carbocycles. The summed E-state index contributed by atoms with van der Waals surface area (Å²) in [4.78, 5) is 14.6. The van der Waals surface area contributed by atoms with Gasteiger partial charge >= 0.3 is 0 Å². The van der Waals surface area contributed by atoms with Gasteiger partial charge in [-0.25, -0.2) is 0 Å². The van der Waals surface area contributed by atoms with Crippen molar-refractivity contribution in [1.29, 1.82) is 5.41 Å². The molecule has 3 aromatic rings. The average Bonchev–Trinajstić information content (AvgIpc) is 2.78. The lowest BCUT2D eigenvalue weighted by molar-refractivity contribution is 0.0351. The minimum absolute atomic E-state index is 0.0208. The van der Waals surface area contributed by atoms with Crippen LogP contribution in [0.25, 0.3) is 0 Å². The molecule has 7 heteroatoms. The normalized spacial score (nSPS) is 17.1. The zero-order chi connectivity index (χ0) is 22.7. The highest BCUT2D eigenvalue weighted by molar-refractivity contribution is 6.04.